The number of esters is 1. The Morgan fingerprint density at radius 1 is 1.10 bits per heavy atom. The standard InChI is InChI=1S/C19H20N4O3S3/c1-11-8-12(2)21-18(20-11)28-10-17(25)22-14-4-5-15-16(9-14)29-19(23-15)27-7-6-26-13(3)24/h4-5,8-9H,6-7,10H2,1-3H3,(H,22,25). The van der Waals surface area contributed by atoms with Gasteiger partial charge in [0.2, 0.25) is 5.91 Å². The second-order valence-corrected chi connectivity index (χ2v) is 9.44. The summed E-state index contributed by atoms with van der Waals surface area (Å²) >= 11 is 4.40. The highest BCUT2D eigenvalue weighted by molar-refractivity contribution is 8.01. The predicted octanol–water partition coefficient (Wildman–Crippen LogP) is 4.09. The summed E-state index contributed by atoms with van der Waals surface area (Å²) < 4.78 is 6.82. The summed E-state index contributed by atoms with van der Waals surface area (Å²) in [5.41, 5.74) is 3.38. The van der Waals surface area contributed by atoms with Crippen LogP contribution in [-0.4, -0.2) is 44.9 Å². The number of carbonyl (C=O) groups excluding carboxylic acids is 2. The number of ether oxygens (including phenoxy) is 1. The van der Waals surface area contributed by atoms with Gasteiger partial charge in [0.05, 0.1) is 16.0 Å². The van der Waals surface area contributed by atoms with Gasteiger partial charge in [-0.1, -0.05) is 23.5 Å². The van der Waals surface area contributed by atoms with Crippen molar-refractivity contribution in [2.75, 3.05) is 23.4 Å². The van der Waals surface area contributed by atoms with E-state index in [4.69, 9.17) is 4.74 Å². The van der Waals surface area contributed by atoms with Crippen LogP contribution >= 0.6 is 34.9 Å². The van der Waals surface area contributed by atoms with Crippen LogP contribution in [0.3, 0.4) is 0 Å². The first-order valence-electron chi connectivity index (χ1n) is 8.81. The van der Waals surface area contributed by atoms with E-state index in [1.807, 2.05) is 38.1 Å². The van der Waals surface area contributed by atoms with Crippen molar-refractivity contribution in [3.63, 3.8) is 0 Å². The number of fused-ring (bicyclic) bond motifs is 1. The molecule has 0 fully saturated rings. The lowest BCUT2D eigenvalue weighted by molar-refractivity contribution is -0.140. The molecule has 0 aliphatic carbocycles. The SMILES string of the molecule is CC(=O)OCCSc1nc2ccc(NC(=O)CSc3nc(C)cc(C)n3)cc2s1. The van der Waals surface area contributed by atoms with Crippen molar-refractivity contribution in [3.05, 3.63) is 35.7 Å². The number of thiazole rings is 1. The molecule has 0 unspecified atom stereocenters. The van der Waals surface area contributed by atoms with Gasteiger partial charge in [-0.05, 0) is 38.1 Å². The Hall–Kier alpha value is -2.17. The third-order valence-corrected chi connectivity index (χ3v) is 6.53. The van der Waals surface area contributed by atoms with Gasteiger partial charge in [-0.3, -0.25) is 9.59 Å². The Morgan fingerprint density at radius 2 is 1.86 bits per heavy atom. The Labute approximate surface area is 181 Å². The molecule has 2 aromatic heterocycles. The van der Waals surface area contributed by atoms with Crippen molar-refractivity contribution in [2.45, 2.75) is 30.3 Å². The van der Waals surface area contributed by atoms with E-state index in [0.717, 1.165) is 31.6 Å². The molecule has 0 bridgehead atoms. The maximum atomic E-state index is 12.3. The van der Waals surface area contributed by atoms with Gasteiger partial charge in [0.15, 0.2) is 9.50 Å². The minimum absolute atomic E-state index is 0.113. The normalized spacial score (nSPS) is 10.9. The maximum Gasteiger partial charge on any atom is 0.302 e. The first-order valence-corrected chi connectivity index (χ1v) is 11.6. The molecule has 1 N–H and O–H groups in total. The van der Waals surface area contributed by atoms with Gasteiger partial charge in [0.25, 0.3) is 0 Å². The third kappa shape index (κ3) is 6.69. The summed E-state index contributed by atoms with van der Waals surface area (Å²) in [5.74, 6) is 0.497. The van der Waals surface area contributed by atoms with E-state index in [1.165, 1.54) is 18.7 Å². The number of hydrogen-bond acceptors (Lipinski definition) is 9. The summed E-state index contributed by atoms with van der Waals surface area (Å²) in [4.78, 5) is 36.3. The molecule has 3 aromatic rings. The topological polar surface area (TPSA) is 94.1 Å². The second-order valence-electron chi connectivity index (χ2n) is 6.12. The highest BCUT2D eigenvalue weighted by Gasteiger charge is 2.09. The van der Waals surface area contributed by atoms with E-state index in [9.17, 15) is 9.59 Å². The second kappa shape index (κ2) is 10.0. The zero-order chi connectivity index (χ0) is 20.8. The van der Waals surface area contributed by atoms with Gasteiger partial charge in [0, 0.05) is 29.8 Å². The fraction of sp³-hybridized carbons (Fsp3) is 0.316. The average molecular weight is 449 g/mol. The molecule has 1 amide bonds. The van der Waals surface area contributed by atoms with Crippen molar-refractivity contribution in [3.8, 4) is 0 Å². The summed E-state index contributed by atoms with van der Waals surface area (Å²) in [5, 5.41) is 3.51. The molecule has 152 valence electrons. The minimum atomic E-state index is -0.280. The van der Waals surface area contributed by atoms with Crippen LogP contribution in [-0.2, 0) is 14.3 Å². The van der Waals surface area contributed by atoms with Gasteiger partial charge >= 0.3 is 5.97 Å². The lowest BCUT2D eigenvalue weighted by Gasteiger charge is -2.05. The van der Waals surface area contributed by atoms with Crippen LogP contribution in [0.2, 0.25) is 0 Å². The molecular weight excluding hydrogens is 428 g/mol. The fourth-order valence-corrected chi connectivity index (χ4v) is 5.19. The lowest BCUT2D eigenvalue weighted by Crippen LogP contribution is -2.14. The highest BCUT2D eigenvalue weighted by Crippen LogP contribution is 2.31. The van der Waals surface area contributed by atoms with E-state index in [-0.39, 0.29) is 17.6 Å². The number of benzene rings is 1. The van der Waals surface area contributed by atoms with Crippen LogP contribution in [0.5, 0.6) is 0 Å². The molecule has 3 rings (SSSR count). The van der Waals surface area contributed by atoms with E-state index in [0.29, 0.717) is 17.5 Å². The molecule has 29 heavy (non-hydrogen) atoms. The minimum Gasteiger partial charge on any atom is -0.465 e. The Morgan fingerprint density at radius 3 is 2.59 bits per heavy atom. The number of carbonyl (C=O) groups is 2. The van der Waals surface area contributed by atoms with Crippen molar-refractivity contribution < 1.29 is 14.3 Å². The monoisotopic (exact) mass is 448 g/mol. The number of nitrogens with one attached hydrogen (secondary N) is 1. The Balaban J connectivity index is 1.55. The molecule has 0 spiro atoms. The Bertz CT molecular complexity index is 1020. The van der Waals surface area contributed by atoms with Gasteiger partial charge in [-0.2, -0.15) is 0 Å². The third-order valence-electron chi connectivity index (χ3n) is 3.56. The van der Waals surface area contributed by atoms with E-state index in [2.05, 4.69) is 20.3 Å². The molecule has 0 saturated carbocycles. The number of nitrogens with zero attached hydrogens (tertiary/aromatic N) is 3. The molecule has 7 nitrogen and oxygen atoms in total. The fourth-order valence-electron chi connectivity index (χ4n) is 2.44. The summed E-state index contributed by atoms with van der Waals surface area (Å²) in [6.45, 7) is 5.57. The molecular formula is C19H20N4O3S3. The van der Waals surface area contributed by atoms with E-state index >= 15 is 0 Å². The van der Waals surface area contributed by atoms with Crippen molar-refractivity contribution in [2.24, 2.45) is 0 Å². The smallest absolute Gasteiger partial charge is 0.302 e. The zero-order valence-electron chi connectivity index (χ0n) is 16.2. The summed E-state index contributed by atoms with van der Waals surface area (Å²) in [6.07, 6.45) is 0. The van der Waals surface area contributed by atoms with E-state index < -0.39 is 0 Å². The van der Waals surface area contributed by atoms with Crippen molar-refractivity contribution in [1.29, 1.82) is 0 Å². The number of amides is 1. The first-order chi connectivity index (χ1) is 13.9. The molecule has 0 saturated heterocycles. The van der Waals surface area contributed by atoms with Gasteiger partial charge in [0.1, 0.15) is 6.61 Å². The van der Waals surface area contributed by atoms with Crippen molar-refractivity contribution in [1.82, 2.24) is 15.0 Å². The first kappa shape index (κ1) is 21.5. The molecule has 0 aliphatic heterocycles. The van der Waals surface area contributed by atoms with Crippen LogP contribution in [0.4, 0.5) is 5.69 Å². The van der Waals surface area contributed by atoms with Crippen LogP contribution in [0, 0.1) is 13.8 Å². The summed E-state index contributed by atoms with van der Waals surface area (Å²) in [6, 6.07) is 7.54. The van der Waals surface area contributed by atoms with Crippen LogP contribution in [0.1, 0.15) is 18.3 Å². The molecule has 0 aliphatic rings. The lowest BCUT2D eigenvalue weighted by atomic mass is 10.3. The number of rotatable bonds is 8. The van der Waals surface area contributed by atoms with Crippen molar-refractivity contribution >= 4 is 62.6 Å². The average Bonchev–Trinajstić information content (AvgIpc) is 3.05. The highest BCUT2D eigenvalue weighted by atomic mass is 32.2. The molecule has 0 radical (unpaired) electrons. The van der Waals surface area contributed by atoms with Gasteiger partial charge in [-0.25, -0.2) is 15.0 Å². The quantitative estimate of drug-likeness (QED) is 0.238. The molecule has 10 heteroatoms. The number of aromatic nitrogens is 3. The summed E-state index contributed by atoms with van der Waals surface area (Å²) in [7, 11) is 0. The number of anilines is 1. The molecule has 0 atom stereocenters. The Kier molecular flexibility index (Phi) is 7.45. The largest absolute Gasteiger partial charge is 0.465 e. The number of aryl methyl sites for hydroxylation is 2. The number of thioether (sulfide) groups is 2. The maximum absolute atomic E-state index is 12.3. The van der Waals surface area contributed by atoms with Crippen LogP contribution in [0.15, 0.2) is 33.8 Å². The van der Waals surface area contributed by atoms with Crippen LogP contribution < -0.4 is 5.32 Å². The van der Waals surface area contributed by atoms with Gasteiger partial charge < -0.3 is 10.1 Å². The van der Waals surface area contributed by atoms with Gasteiger partial charge in [-0.15, -0.1) is 11.3 Å². The van der Waals surface area contributed by atoms with Crippen LogP contribution in [0.25, 0.3) is 10.2 Å². The van der Waals surface area contributed by atoms with E-state index in [1.54, 1.807) is 23.1 Å². The molecule has 2 heterocycles. The number of hydrogen-bond donors (Lipinski definition) is 1. The zero-order valence-corrected chi connectivity index (χ0v) is 18.7. The predicted molar refractivity (Wildman–Crippen MR) is 118 cm³/mol. The molecule has 1 aromatic carbocycles.